The Morgan fingerprint density at radius 1 is 1.23 bits per heavy atom. The molecule has 1 spiro atoms. The highest BCUT2D eigenvalue weighted by molar-refractivity contribution is 5.40. The second-order valence-corrected chi connectivity index (χ2v) is 5.98. The molecule has 2 aliphatic rings. The van der Waals surface area contributed by atoms with Gasteiger partial charge in [0, 0.05) is 31.5 Å². The zero-order valence-electron chi connectivity index (χ0n) is 13.4. The quantitative estimate of drug-likeness (QED) is 0.875. The number of ether oxygens (including phenoxy) is 4. The maximum absolute atomic E-state index is 6.11. The van der Waals surface area contributed by atoms with Crippen LogP contribution in [0, 0.1) is 0 Å². The van der Waals surface area contributed by atoms with E-state index in [9.17, 15) is 0 Å². The van der Waals surface area contributed by atoms with Gasteiger partial charge in [0.1, 0.15) is 11.5 Å². The topological polar surface area (TPSA) is 49.0 Å². The van der Waals surface area contributed by atoms with Gasteiger partial charge in [-0.3, -0.25) is 0 Å². The van der Waals surface area contributed by atoms with Gasteiger partial charge in [0.25, 0.3) is 0 Å². The lowest BCUT2D eigenvalue weighted by Crippen LogP contribution is -2.31. The van der Waals surface area contributed by atoms with Crippen LogP contribution in [0.2, 0.25) is 0 Å². The van der Waals surface area contributed by atoms with Gasteiger partial charge in [-0.1, -0.05) is 0 Å². The van der Waals surface area contributed by atoms with Gasteiger partial charge < -0.3 is 24.3 Å². The van der Waals surface area contributed by atoms with Crippen LogP contribution in [0.25, 0.3) is 0 Å². The normalized spacial score (nSPS) is 23.1. The number of rotatable bonds is 6. The van der Waals surface area contributed by atoms with Gasteiger partial charge in [0.2, 0.25) is 0 Å². The summed E-state index contributed by atoms with van der Waals surface area (Å²) in [4.78, 5) is 0. The van der Waals surface area contributed by atoms with E-state index in [4.69, 9.17) is 18.9 Å². The summed E-state index contributed by atoms with van der Waals surface area (Å²) >= 11 is 0. The number of hydrogen-bond donors (Lipinski definition) is 1. The van der Waals surface area contributed by atoms with Crippen molar-refractivity contribution in [3.8, 4) is 11.5 Å². The van der Waals surface area contributed by atoms with Crippen molar-refractivity contribution in [1.29, 1.82) is 0 Å². The molecule has 0 radical (unpaired) electrons. The molecule has 1 aromatic carbocycles. The van der Waals surface area contributed by atoms with Gasteiger partial charge in [-0.2, -0.15) is 0 Å². The predicted molar refractivity (Wildman–Crippen MR) is 83.3 cm³/mol. The molecule has 1 aliphatic heterocycles. The van der Waals surface area contributed by atoms with Crippen LogP contribution in [-0.4, -0.2) is 39.3 Å². The number of benzene rings is 1. The first kappa shape index (κ1) is 15.6. The third-order valence-electron chi connectivity index (χ3n) is 4.45. The summed E-state index contributed by atoms with van der Waals surface area (Å²) in [6.07, 6.45) is 4.62. The Balaban J connectivity index is 1.51. The summed E-state index contributed by atoms with van der Waals surface area (Å²) in [5.41, 5.74) is 1.08. The van der Waals surface area contributed by atoms with Crippen LogP contribution in [-0.2, 0) is 16.0 Å². The molecule has 5 heteroatoms. The summed E-state index contributed by atoms with van der Waals surface area (Å²) in [6, 6.07) is 5.83. The Labute approximate surface area is 131 Å². The lowest BCUT2D eigenvalue weighted by Gasteiger charge is -2.22. The van der Waals surface area contributed by atoms with Gasteiger partial charge in [-0.15, -0.1) is 0 Å². The molecular formula is C17H25NO4. The Bertz CT molecular complexity index is 499. The zero-order chi connectivity index (χ0) is 15.4. The third-order valence-corrected chi connectivity index (χ3v) is 4.45. The standard InChI is InChI=1S/C17H25NO4/c1-19-14-5-6-16(20-2)13(9-14)10-18-11-15-12-21-17(22-15)7-3-4-8-17/h5-6,9,15,18H,3-4,7-8,10-12H2,1-2H3/t15-/m1/s1. The molecule has 0 amide bonds. The van der Waals surface area contributed by atoms with Crippen molar-refractivity contribution in [3.63, 3.8) is 0 Å². The van der Waals surface area contributed by atoms with Crippen molar-refractivity contribution in [1.82, 2.24) is 5.32 Å². The molecule has 5 nitrogen and oxygen atoms in total. The molecule has 1 saturated carbocycles. The average Bonchev–Trinajstić information content (AvgIpc) is 3.17. The Kier molecular flexibility index (Phi) is 4.86. The van der Waals surface area contributed by atoms with Gasteiger partial charge in [-0.05, 0) is 31.0 Å². The second-order valence-electron chi connectivity index (χ2n) is 5.98. The molecule has 1 heterocycles. The van der Waals surface area contributed by atoms with Crippen molar-refractivity contribution in [2.24, 2.45) is 0 Å². The van der Waals surface area contributed by atoms with Gasteiger partial charge in [0.05, 0.1) is 26.9 Å². The second kappa shape index (κ2) is 6.86. The molecule has 22 heavy (non-hydrogen) atoms. The van der Waals surface area contributed by atoms with E-state index in [-0.39, 0.29) is 11.9 Å². The van der Waals surface area contributed by atoms with E-state index in [1.165, 1.54) is 12.8 Å². The molecule has 122 valence electrons. The molecule has 1 N–H and O–H groups in total. The van der Waals surface area contributed by atoms with E-state index in [1.54, 1.807) is 14.2 Å². The molecule has 2 fully saturated rings. The van der Waals surface area contributed by atoms with Crippen LogP contribution in [0.1, 0.15) is 31.2 Å². The minimum absolute atomic E-state index is 0.134. The van der Waals surface area contributed by atoms with Gasteiger partial charge in [-0.25, -0.2) is 0 Å². The van der Waals surface area contributed by atoms with E-state index >= 15 is 0 Å². The third kappa shape index (κ3) is 3.37. The van der Waals surface area contributed by atoms with E-state index in [1.807, 2.05) is 18.2 Å². The van der Waals surface area contributed by atoms with Crippen LogP contribution in [0.4, 0.5) is 0 Å². The van der Waals surface area contributed by atoms with Crippen LogP contribution in [0.15, 0.2) is 18.2 Å². The van der Waals surface area contributed by atoms with Crippen LogP contribution in [0.5, 0.6) is 11.5 Å². The highest BCUT2D eigenvalue weighted by Gasteiger charge is 2.43. The highest BCUT2D eigenvalue weighted by atomic mass is 16.7. The SMILES string of the molecule is COc1ccc(OC)c(CNC[C@@H]2COC3(CCCC3)O2)c1. The number of hydrogen-bond acceptors (Lipinski definition) is 5. The van der Waals surface area contributed by atoms with E-state index in [0.717, 1.165) is 36.4 Å². The fraction of sp³-hybridized carbons (Fsp3) is 0.647. The molecule has 0 bridgehead atoms. The summed E-state index contributed by atoms with van der Waals surface area (Å²) < 4.78 is 22.7. The number of methoxy groups -OCH3 is 2. The lowest BCUT2D eigenvalue weighted by molar-refractivity contribution is -0.161. The van der Waals surface area contributed by atoms with Crippen LogP contribution < -0.4 is 14.8 Å². The molecule has 1 aromatic rings. The van der Waals surface area contributed by atoms with Crippen molar-refractivity contribution in [3.05, 3.63) is 23.8 Å². The van der Waals surface area contributed by atoms with Gasteiger partial charge in [0.15, 0.2) is 5.79 Å². The summed E-state index contributed by atoms with van der Waals surface area (Å²) in [5.74, 6) is 1.42. The smallest absolute Gasteiger partial charge is 0.168 e. The largest absolute Gasteiger partial charge is 0.497 e. The predicted octanol–water partition coefficient (Wildman–Crippen LogP) is 2.48. The van der Waals surface area contributed by atoms with Crippen molar-refractivity contribution in [2.75, 3.05) is 27.4 Å². The van der Waals surface area contributed by atoms with E-state index < -0.39 is 0 Å². The molecule has 1 aliphatic carbocycles. The maximum atomic E-state index is 6.11. The van der Waals surface area contributed by atoms with Crippen molar-refractivity contribution < 1.29 is 18.9 Å². The number of nitrogens with one attached hydrogen (secondary N) is 1. The van der Waals surface area contributed by atoms with E-state index in [2.05, 4.69) is 5.32 Å². The Morgan fingerprint density at radius 3 is 2.77 bits per heavy atom. The molecule has 3 rings (SSSR count). The van der Waals surface area contributed by atoms with Crippen LogP contribution in [0.3, 0.4) is 0 Å². The maximum Gasteiger partial charge on any atom is 0.168 e. The Hall–Kier alpha value is -1.30. The summed E-state index contributed by atoms with van der Waals surface area (Å²) in [7, 11) is 3.35. The fourth-order valence-electron chi connectivity index (χ4n) is 3.28. The van der Waals surface area contributed by atoms with Gasteiger partial charge >= 0.3 is 0 Å². The van der Waals surface area contributed by atoms with Crippen molar-refractivity contribution in [2.45, 2.75) is 44.1 Å². The molecule has 1 saturated heterocycles. The minimum Gasteiger partial charge on any atom is -0.497 e. The fourth-order valence-corrected chi connectivity index (χ4v) is 3.28. The monoisotopic (exact) mass is 307 g/mol. The first-order valence-electron chi connectivity index (χ1n) is 7.98. The first-order chi connectivity index (χ1) is 10.7. The molecular weight excluding hydrogens is 282 g/mol. The molecule has 0 aromatic heterocycles. The summed E-state index contributed by atoms with van der Waals surface area (Å²) in [6.45, 7) is 2.18. The Morgan fingerprint density at radius 2 is 2.05 bits per heavy atom. The molecule has 0 unspecified atom stereocenters. The highest BCUT2D eigenvalue weighted by Crippen LogP contribution is 2.39. The lowest BCUT2D eigenvalue weighted by atomic mass is 10.2. The average molecular weight is 307 g/mol. The first-order valence-corrected chi connectivity index (χ1v) is 7.98. The molecule has 1 atom stereocenters. The van der Waals surface area contributed by atoms with Crippen molar-refractivity contribution >= 4 is 0 Å². The minimum atomic E-state index is -0.278. The zero-order valence-corrected chi connectivity index (χ0v) is 13.4. The van der Waals surface area contributed by atoms with Crippen LogP contribution >= 0.6 is 0 Å². The van der Waals surface area contributed by atoms with E-state index in [0.29, 0.717) is 13.2 Å². The summed E-state index contributed by atoms with van der Waals surface area (Å²) in [5, 5.41) is 3.44.